The van der Waals surface area contributed by atoms with E-state index in [4.69, 9.17) is 9.73 Å². The van der Waals surface area contributed by atoms with Gasteiger partial charge in [0.2, 0.25) is 5.96 Å². The van der Waals surface area contributed by atoms with E-state index in [1.807, 2.05) is 0 Å². The van der Waals surface area contributed by atoms with Crippen LogP contribution in [-0.4, -0.2) is 69.8 Å². The maximum atomic E-state index is 5.47. The Morgan fingerprint density at radius 2 is 1.87 bits per heavy atom. The van der Waals surface area contributed by atoms with E-state index in [1.54, 1.807) is 0 Å². The van der Waals surface area contributed by atoms with Crippen molar-refractivity contribution in [3.8, 4) is 0 Å². The molecule has 1 heterocycles. The molecule has 128 valence electrons. The fraction of sp³-hybridized carbons (Fsp3) is 0.611. The number of unbranched alkanes of at least 4 members (excludes halogenated alkanes) is 1. The Morgan fingerprint density at radius 1 is 1.17 bits per heavy atom. The van der Waals surface area contributed by atoms with Crippen LogP contribution in [0.15, 0.2) is 29.3 Å². The smallest absolute Gasteiger partial charge is 0.201 e. The third-order valence-electron chi connectivity index (χ3n) is 4.04. The summed E-state index contributed by atoms with van der Waals surface area (Å²) in [7, 11) is 6.23. The van der Waals surface area contributed by atoms with Gasteiger partial charge in [-0.05, 0) is 18.6 Å². The van der Waals surface area contributed by atoms with E-state index in [9.17, 15) is 0 Å². The zero-order valence-corrected chi connectivity index (χ0v) is 15.0. The summed E-state index contributed by atoms with van der Waals surface area (Å²) in [6.07, 6.45) is 2.36. The molecule has 0 aliphatic carbocycles. The Labute approximate surface area is 140 Å². The lowest BCUT2D eigenvalue weighted by Crippen LogP contribution is -2.39. The van der Waals surface area contributed by atoms with Gasteiger partial charge in [-0.2, -0.15) is 0 Å². The molecule has 0 aromatic heterocycles. The molecule has 0 unspecified atom stereocenters. The van der Waals surface area contributed by atoms with Gasteiger partial charge in [0.15, 0.2) is 0 Å². The van der Waals surface area contributed by atoms with Gasteiger partial charge in [0.1, 0.15) is 0 Å². The summed E-state index contributed by atoms with van der Waals surface area (Å²) in [6.45, 7) is 6.66. The number of guanidine groups is 1. The zero-order valence-electron chi connectivity index (χ0n) is 15.0. The van der Waals surface area contributed by atoms with Crippen LogP contribution in [0, 0.1) is 0 Å². The number of para-hydroxylation sites is 2. The number of nitrogens with zero attached hydrogens (tertiary/aromatic N) is 4. The van der Waals surface area contributed by atoms with Crippen molar-refractivity contribution >= 4 is 17.3 Å². The molecule has 0 N–H and O–H groups in total. The minimum absolute atomic E-state index is 0.787. The van der Waals surface area contributed by atoms with Crippen molar-refractivity contribution in [1.82, 2.24) is 9.80 Å². The van der Waals surface area contributed by atoms with E-state index < -0.39 is 0 Å². The van der Waals surface area contributed by atoms with Gasteiger partial charge in [-0.1, -0.05) is 25.5 Å². The minimum Gasteiger partial charge on any atom is -0.378 e. The van der Waals surface area contributed by atoms with Gasteiger partial charge < -0.3 is 19.4 Å². The first-order chi connectivity index (χ1) is 11.1. The highest BCUT2D eigenvalue weighted by atomic mass is 16.5. The predicted molar refractivity (Wildman–Crippen MR) is 97.8 cm³/mol. The Kier molecular flexibility index (Phi) is 6.71. The molecule has 5 nitrogen and oxygen atoms in total. The van der Waals surface area contributed by atoms with E-state index in [1.165, 1.54) is 18.5 Å². The van der Waals surface area contributed by atoms with E-state index in [0.717, 1.165) is 44.5 Å². The second-order valence-electron chi connectivity index (χ2n) is 6.17. The zero-order chi connectivity index (χ0) is 16.7. The van der Waals surface area contributed by atoms with Gasteiger partial charge in [0.25, 0.3) is 0 Å². The molecule has 0 amide bonds. The average Bonchev–Trinajstić information content (AvgIpc) is 2.58. The number of ether oxygens (including phenoxy) is 1. The second kappa shape index (κ2) is 8.77. The highest BCUT2D eigenvalue weighted by molar-refractivity contribution is 5.85. The first kappa shape index (κ1) is 17.6. The fourth-order valence-corrected chi connectivity index (χ4v) is 2.76. The number of morpholine rings is 1. The molecule has 1 aromatic carbocycles. The molecular formula is C18H30N4O. The third kappa shape index (κ3) is 4.86. The van der Waals surface area contributed by atoms with Crippen molar-refractivity contribution in [3.05, 3.63) is 24.3 Å². The van der Waals surface area contributed by atoms with Crippen LogP contribution >= 0.6 is 0 Å². The molecule has 2 rings (SSSR count). The topological polar surface area (TPSA) is 31.3 Å². The summed E-state index contributed by atoms with van der Waals surface area (Å²) in [5, 5.41) is 0. The molecule has 0 radical (unpaired) electrons. The van der Waals surface area contributed by atoms with Crippen molar-refractivity contribution in [2.45, 2.75) is 19.8 Å². The van der Waals surface area contributed by atoms with Gasteiger partial charge in [-0.25, -0.2) is 4.99 Å². The van der Waals surface area contributed by atoms with Crippen LogP contribution in [0.2, 0.25) is 0 Å². The molecule has 1 fully saturated rings. The standard InChI is InChI=1S/C18H30N4O/c1-5-6-11-21(4)18(20(2)3)19-16-9-7-8-10-17(16)22-12-14-23-15-13-22/h7-10H,5-6,11-15H2,1-4H3/b19-18-. The Hall–Kier alpha value is -1.75. The Bertz CT molecular complexity index is 509. The Morgan fingerprint density at radius 3 is 2.52 bits per heavy atom. The molecule has 23 heavy (non-hydrogen) atoms. The lowest BCUT2D eigenvalue weighted by Gasteiger charge is -2.31. The second-order valence-corrected chi connectivity index (χ2v) is 6.17. The number of anilines is 1. The molecule has 0 bridgehead atoms. The van der Waals surface area contributed by atoms with Crippen molar-refractivity contribution in [2.75, 3.05) is 58.9 Å². The molecule has 5 heteroatoms. The van der Waals surface area contributed by atoms with Gasteiger partial charge in [0.05, 0.1) is 24.6 Å². The first-order valence-electron chi connectivity index (χ1n) is 8.52. The monoisotopic (exact) mass is 318 g/mol. The lowest BCUT2D eigenvalue weighted by molar-refractivity contribution is 0.123. The molecule has 1 aliphatic rings. The average molecular weight is 318 g/mol. The van der Waals surface area contributed by atoms with Crippen molar-refractivity contribution in [3.63, 3.8) is 0 Å². The maximum Gasteiger partial charge on any atom is 0.201 e. The SMILES string of the molecule is CCCCN(C)/C(=N\c1ccccc1N1CCOCC1)N(C)C. The summed E-state index contributed by atoms with van der Waals surface area (Å²) in [4.78, 5) is 11.7. The summed E-state index contributed by atoms with van der Waals surface area (Å²) in [5.41, 5.74) is 2.22. The highest BCUT2D eigenvalue weighted by Crippen LogP contribution is 2.29. The van der Waals surface area contributed by atoms with Gasteiger partial charge >= 0.3 is 0 Å². The van der Waals surface area contributed by atoms with Crippen LogP contribution in [0.3, 0.4) is 0 Å². The molecule has 1 aromatic rings. The van der Waals surface area contributed by atoms with E-state index in [2.05, 4.69) is 67.0 Å². The highest BCUT2D eigenvalue weighted by Gasteiger charge is 2.16. The van der Waals surface area contributed by atoms with E-state index in [-0.39, 0.29) is 0 Å². The number of rotatable bonds is 5. The van der Waals surface area contributed by atoms with Crippen molar-refractivity contribution < 1.29 is 4.74 Å². The molecular weight excluding hydrogens is 288 g/mol. The normalized spacial score (nSPS) is 15.7. The summed E-state index contributed by atoms with van der Waals surface area (Å²) in [6, 6.07) is 8.40. The molecule has 0 saturated carbocycles. The number of aliphatic imine (C=N–C) groups is 1. The van der Waals surface area contributed by atoms with E-state index in [0.29, 0.717) is 0 Å². The number of benzene rings is 1. The summed E-state index contributed by atoms with van der Waals surface area (Å²) < 4.78 is 5.47. The van der Waals surface area contributed by atoms with Gasteiger partial charge in [0, 0.05) is 40.8 Å². The molecule has 1 aliphatic heterocycles. The largest absolute Gasteiger partial charge is 0.378 e. The third-order valence-corrected chi connectivity index (χ3v) is 4.04. The van der Waals surface area contributed by atoms with Crippen molar-refractivity contribution in [2.24, 2.45) is 4.99 Å². The molecule has 1 saturated heterocycles. The quantitative estimate of drug-likeness (QED) is 0.617. The predicted octanol–water partition coefficient (Wildman–Crippen LogP) is 2.80. The molecule has 0 spiro atoms. The van der Waals surface area contributed by atoms with Crippen LogP contribution < -0.4 is 4.90 Å². The van der Waals surface area contributed by atoms with Gasteiger partial charge in [-0.15, -0.1) is 0 Å². The first-order valence-corrected chi connectivity index (χ1v) is 8.52. The summed E-state index contributed by atoms with van der Waals surface area (Å²) >= 11 is 0. The van der Waals surface area contributed by atoms with Crippen LogP contribution in [0.25, 0.3) is 0 Å². The van der Waals surface area contributed by atoms with Crippen LogP contribution in [0.4, 0.5) is 11.4 Å². The van der Waals surface area contributed by atoms with E-state index >= 15 is 0 Å². The molecule has 0 atom stereocenters. The van der Waals surface area contributed by atoms with Crippen molar-refractivity contribution in [1.29, 1.82) is 0 Å². The fourth-order valence-electron chi connectivity index (χ4n) is 2.76. The van der Waals surface area contributed by atoms with Gasteiger partial charge in [-0.3, -0.25) is 0 Å². The number of hydrogen-bond donors (Lipinski definition) is 0. The van der Waals surface area contributed by atoms with Crippen LogP contribution in [-0.2, 0) is 4.74 Å². The van der Waals surface area contributed by atoms with Crippen LogP contribution in [0.5, 0.6) is 0 Å². The number of hydrogen-bond acceptors (Lipinski definition) is 3. The minimum atomic E-state index is 0.787. The maximum absolute atomic E-state index is 5.47. The Balaban J connectivity index is 2.27. The lowest BCUT2D eigenvalue weighted by atomic mass is 10.2. The summed E-state index contributed by atoms with van der Waals surface area (Å²) in [5.74, 6) is 0.999. The van der Waals surface area contributed by atoms with Crippen LogP contribution in [0.1, 0.15) is 19.8 Å².